The van der Waals surface area contributed by atoms with E-state index in [0.717, 1.165) is 38.2 Å². The fourth-order valence-electron chi connectivity index (χ4n) is 6.45. The number of nitrogens with two attached hydrogens (primary N) is 1. The number of rotatable bonds is 3. The Morgan fingerprint density at radius 2 is 2.00 bits per heavy atom. The molecule has 1 saturated carbocycles. The monoisotopic (exact) mass is 389 g/mol. The number of urea groups is 2. The zero-order valence-corrected chi connectivity index (χ0v) is 16.6. The van der Waals surface area contributed by atoms with Crippen LogP contribution in [0.1, 0.15) is 26.7 Å². The molecule has 4 aliphatic heterocycles. The largest absolute Gasteiger partial charge is 0.438 e. The minimum absolute atomic E-state index is 0.0247. The number of quaternary nitrogens is 1. The lowest BCUT2D eigenvalue weighted by molar-refractivity contribution is 0.0784. The van der Waals surface area contributed by atoms with Crippen molar-refractivity contribution in [2.75, 3.05) is 31.1 Å². The van der Waals surface area contributed by atoms with Gasteiger partial charge >= 0.3 is 12.1 Å². The minimum atomic E-state index is -0.598. The van der Waals surface area contributed by atoms with Crippen LogP contribution < -0.4 is 15.1 Å². The smallest absolute Gasteiger partial charge is 0.318 e. The topological polar surface area (TPSA) is 66.6 Å². The van der Waals surface area contributed by atoms with Crippen molar-refractivity contribution in [1.82, 2.24) is 9.38 Å². The molecule has 5 aliphatic rings. The van der Waals surface area contributed by atoms with Gasteiger partial charge in [-0.15, -0.1) is 4.48 Å². The zero-order chi connectivity index (χ0) is 19.1. The quantitative estimate of drug-likeness (QED) is 0.805. The highest BCUT2D eigenvalue weighted by Gasteiger charge is 2.65. The van der Waals surface area contributed by atoms with Crippen LogP contribution in [0.2, 0.25) is 5.02 Å². The average molecular weight is 390 g/mol. The number of carbonyl (C=O) groups excluding carboxylic acids is 2. The molecular weight excluding hydrogens is 364 g/mol. The van der Waals surface area contributed by atoms with Crippen molar-refractivity contribution < 1.29 is 9.59 Å². The molecule has 2 N–H and O–H groups in total. The molecule has 0 aromatic heterocycles. The molecule has 4 bridgehead atoms. The summed E-state index contributed by atoms with van der Waals surface area (Å²) >= 11 is 6.28. The number of halogens is 1. The van der Waals surface area contributed by atoms with Crippen molar-refractivity contribution in [3.8, 4) is 0 Å². The van der Waals surface area contributed by atoms with Crippen LogP contribution in [0.4, 0.5) is 21.0 Å². The highest BCUT2D eigenvalue weighted by atomic mass is 35.5. The first-order valence-corrected chi connectivity index (χ1v) is 10.2. The molecule has 144 valence electrons. The van der Waals surface area contributed by atoms with Crippen molar-refractivity contribution in [1.29, 1.82) is 0 Å². The van der Waals surface area contributed by atoms with E-state index in [1.807, 2.05) is 19.9 Å². The van der Waals surface area contributed by atoms with Crippen molar-refractivity contribution in [3.05, 3.63) is 23.2 Å². The van der Waals surface area contributed by atoms with E-state index in [1.54, 1.807) is 17.0 Å². The number of piperidine rings is 2. The van der Waals surface area contributed by atoms with E-state index in [9.17, 15) is 9.59 Å². The summed E-state index contributed by atoms with van der Waals surface area (Å²) in [6.45, 7) is 7.65. The molecule has 1 aliphatic carbocycles. The van der Waals surface area contributed by atoms with E-state index in [2.05, 4.69) is 4.90 Å². The lowest BCUT2D eigenvalue weighted by atomic mass is 9.79. The van der Waals surface area contributed by atoms with Crippen LogP contribution in [0.25, 0.3) is 0 Å². The Bertz CT molecular complexity index is 837. The SMILES string of the molecule is CC(C)N1C(=O)[N+](C[C@]23CC4CN(C[C@H]4C2)C3)(C(N)=O)c2cc(Cl)ccc21. The predicted octanol–water partition coefficient (Wildman–Crippen LogP) is 3.42. The molecule has 4 fully saturated rings. The molecule has 6 rings (SSSR count). The highest BCUT2D eigenvalue weighted by Crippen LogP contribution is 2.57. The summed E-state index contributed by atoms with van der Waals surface area (Å²) in [5.41, 5.74) is 7.34. The summed E-state index contributed by atoms with van der Waals surface area (Å²) in [5.74, 6) is 1.40. The number of amides is 4. The van der Waals surface area contributed by atoms with Crippen LogP contribution in [-0.4, -0.2) is 49.2 Å². The van der Waals surface area contributed by atoms with Crippen LogP contribution in [-0.2, 0) is 0 Å². The molecule has 1 aromatic carbocycles. The van der Waals surface area contributed by atoms with Gasteiger partial charge in [0.25, 0.3) is 0 Å². The minimum Gasteiger partial charge on any atom is -0.318 e. The summed E-state index contributed by atoms with van der Waals surface area (Å²) in [6.07, 6.45) is 2.18. The molecule has 7 heteroatoms. The van der Waals surface area contributed by atoms with E-state index >= 15 is 0 Å². The van der Waals surface area contributed by atoms with Crippen molar-refractivity contribution in [2.45, 2.75) is 32.7 Å². The third-order valence-corrected chi connectivity index (χ3v) is 7.44. The van der Waals surface area contributed by atoms with Gasteiger partial charge in [0.15, 0.2) is 5.69 Å². The second-order valence-corrected chi connectivity index (χ2v) is 9.74. The van der Waals surface area contributed by atoms with Gasteiger partial charge in [-0.25, -0.2) is 9.59 Å². The van der Waals surface area contributed by atoms with Gasteiger partial charge in [-0.1, -0.05) is 11.6 Å². The Balaban J connectivity index is 1.64. The maximum Gasteiger partial charge on any atom is 0.438 e. The first-order chi connectivity index (χ1) is 12.8. The van der Waals surface area contributed by atoms with E-state index in [0.29, 0.717) is 29.1 Å². The Morgan fingerprint density at radius 1 is 1.33 bits per heavy atom. The van der Waals surface area contributed by atoms with Gasteiger partial charge in [0, 0.05) is 42.2 Å². The molecule has 3 saturated heterocycles. The molecule has 27 heavy (non-hydrogen) atoms. The lowest BCUT2D eigenvalue weighted by Gasteiger charge is -2.43. The fraction of sp³-hybridized carbons (Fsp3) is 0.600. The number of primary amides is 1. The number of nitrogens with zero attached hydrogens (tertiary/aromatic N) is 3. The van der Waals surface area contributed by atoms with Gasteiger partial charge < -0.3 is 10.6 Å². The van der Waals surface area contributed by atoms with Crippen LogP contribution in [0.3, 0.4) is 0 Å². The summed E-state index contributed by atoms with van der Waals surface area (Å²) in [7, 11) is 0. The van der Waals surface area contributed by atoms with Crippen molar-refractivity contribution >= 4 is 35.0 Å². The Morgan fingerprint density at radius 3 is 2.56 bits per heavy atom. The Kier molecular flexibility index (Phi) is 3.53. The van der Waals surface area contributed by atoms with Gasteiger partial charge in [0.05, 0.1) is 0 Å². The number of fused-ring (bicyclic) bond motifs is 1. The standard InChI is InChI=1S/C20H25ClN4O2/c1-12(2)24-16-4-3-15(21)5-17(16)25(18(22)26,19(24)27)11-20-6-13-8-23(10-20)9-14(13)7-20/h3-5,12-14H,6-11H2,1-2H3,(H-,22,26)/p+1/t13-,14?,20+,25?/m1/s1. The Hall–Kier alpha value is -1.63. The van der Waals surface area contributed by atoms with Crippen LogP contribution in [0, 0.1) is 17.3 Å². The van der Waals surface area contributed by atoms with Crippen LogP contribution in [0.15, 0.2) is 18.2 Å². The van der Waals surface area contributed by atoms with Crippen molar-refractivity contribution in [2.24, 2.45) is 23.0 Å². The maximum absolute atomic E-state index is 13.7. The van der Waals surface area contributed by atoms with E-state index in [4.69, 9.17) is 17.3 Å². The molecular formula is C20H26ClN4O2+. The number of anilines is 1. The molecule has 0 radical (unpaired) electrons. The average Bonchev–Trinajstić information content (AvgIpc) is 3.09. The molecule has 4 amide bonds. The molecule has 0 spiro atoms. The number of carbonyl (C=O) groups is 2. The molecule has 5 atom stereocenters. The molecule has 6 nitrogen and oxygen atoms in total. The normalized spacial score (nSPS) is 38.9. The highest BCUT2D eigenvalue weighted by molar-refractivity contribution is 6.32. The summed E-state index contributed by atoms with van der Waals surface area (Å²) in [4.78, 5) is 30.8. The van der Waals surface area contributed by atoms with Gasteiger partial charge in [-0.05, 0) is 50.7 Å². The predicted molar refractivity (Wildman–Crippen MR) is 106 cm³/mol. The third kappa shape index (κ3) is 2.20. The fourth-order valence-corrected chi connectivity index (χ4v) is 6.61. The number of hydrogen-bond acceptors (Lipinski definition) is 3. The van der Waals surface area contributed by atoms with E-state index in [1.165, 1.54) is 0 Å². The summed E-state index contributed by atoms with van der Waals surface area (Å²) < 4.78 is -0.429. The number of imide groups is 1. The van der Waals surface area contributed by atoms with Gasteiger partial charge in [-0.3, -0.25) is 4.90 Å². The maximum atomic E-state index is 13.7. The first-order valence-electron chi connectivity index (χ1n) is 9.80. The number of hydrogen-bond donors (Lipinski definition) is 1. The van der Waals surface area contributed by atoms with Crippen molar-refractivity contribution in [3.63, 3.8) is 0 Å². The van der Waals surface area contributed by atoms with E-state index in [-0.39, 0.29) is 17.5 Å². The molecule has 3 unspecified atom stereocenters. The lowest BCUT2D eigenvalue weighted by Crippen LogP contribution is -2.67. The van der Waals surface area contributed by atoms with Gasteiger partial charge in [-0.2, -0.15) is 0 Å². The first kappa shape index (κ1) is 17.5. The van der Waals surface area contributed by atoms with Crippen LogP contribution in [0.5, 0.6) is 0 Å². The molecule has 4 heterocycles. The van der Waals surface area contributed by atoms with Crippen LogP contribution >= 0.6 is 11.6 Å². The Labute approximate surface area is 164 Å². The number of benzene rings is 1. The zero-order valence-electron chi connectivity index (χ0n) is 15.8. The summed E-state index contributed by atoms with van der Waals surface area (Å²) in [5, 5.41) is 0.521. The second kappa shape index (κ2) is 5.46. The third-order valence-electron chi connectivity index (χ3n) is 7.21. The van der Waals surface area contributed by atoms with Gasteiger partial charge in [0.2, 0.25) is 0 Å². The second-order valence-electron chi connectivity index (χ2n) is 9.31. The molecule has 1 aromatic rings. The van der Waals surface area contributed by atoms with E-state index < -0.39 is 10.5 Å². The van der Waals surface area contributed by atoms with Gasteiger partial charge in [0.1, 0.15) is 12.2 Å². The summed E-state index contributed by atoms with van der Waals surface area (Å²) in [6, 6.07) is 4.48.